The first-order valence-corrected chi connectivity index (χ1v) is 5.72. The minimum absolute atomic E-state index is 0.0746. The normalized spacial score (nSPS) is 22.2. The Morgan fingerprint density at radius 2 is 2.27 bits per heavy atom. The van der Waals surface area contributed by atoms with Crippen LogP contribution in [0.5, 0.6) is 0 Å². The Hall–Kier alpha value is -0.900. The van der Waals surface area contributed by atoms with Crippen molar-refractivity contribution >= 4 is 27.7 Å². The van der Waals surface area contributed by atoms with E-state index >= 15 is 0 Å². The second-order valence-corrected chi connectivity index (χ2v) is 5.39. The third kappa shape index (κ3) is 2.37. The molecule has 1 fully saturated rings. The van der Waals surface area contributed by atoms with Gasteiger partial charge in [0.05, 0.1) is 0 Å². The molecule has 2 rings (SSSR count). The molecule has 1 heterocycles. The highest BCUT2D eigenvalue weighted by Gasteiger charge is 2.50. The van der Waals surface area contributed by atoms with Crippen molar-refractivity contribution in [3.63, 3.8) is 0 Å². The highest BCUT2D eigenvalue weighted by molar-refractivity contribution is 9.10. The van der Waals surface area contributed by atoms with Gasteiger partial charge in [0, 0.05) is 5.92 Å². The summed E-state index contributed by atoms with van der Waals surface area (Å²) in [6, 6.07) is 5.47. The molecule has 15 heavy (non-hydrogen) atoms. The van der Waals surface area contributed by atoms with Gasteiger partial charge in [-0.2, -0.15) is 0 Å². The number of aromatic nitrogens is 1. The molecular weight excluding hydrogens is 256 g/mol. The Labute approximate surface area is 97.4 Å². The van der Waals surface area contributed by atoms with E-state index in [-0.39, 0.29) is 17.2 Å². The van der Waals surface area contributed by atoms with Crippen LogP contribution in [0.3, 0.4) is 0 Å². The Balaban J connectivity index is 2.01. The zero-order valence-electron chi connectivity index (χ0n) is 8.75. The fraction of sp³-hybridized carbons (Fsp3) is 0.455. The summed E-state index contributed by atoms with van der Waals surface area (Å²) in [5.41, 5.74) is 0.163. The number of carbonyl (C=O) groups excluding carboxylic acids is 1. The smallest absolute Gasteiger partial charge is 0.229 e. The van der Waals surface area contributed by atoms with Crippen molar-refractivity contribution in [2.24, 2.45) is 11.3 Å². The van der Waals surface area contributed by atoms with Crippen molar-refractivity contribution in [2.45, 2.75) is 20.3 Å². The molecule has 0 saturated heterocycles. The molecule has 1 saturated carbocycles. The van der Waals surface area contributed by atoms with Gasteiger partial charge in [0.25, 0.3) is 0 Å². The predicted molar refractivity (Wildman–Crippen MR) is 62.5 cm³/mol. The van der Waals surface area contributed by atoms with Crippen LogP contribution in [0.25, 0.3) is 0 Å². The number of anilines is 1. The average Bonchev–Trinajstić information content (AvgIpc) is 2.75. The molecule has 80 valence electrons. The molecule has 1 aromatic rings. The van der Waals surface area contributed by atoms with Crippen molar-refractivity contribution in [2.75, 3.05) is 5.32 Å². The number of hydrogen-bond acceptors (Lipinski definition) is 2. The number of amides is 1. The van der Waals surface area contributed by atoms with Gasteiger partial charge in [0.2, 0.25) is 5.91 Å². The SMILES string of the molecule is CC1(C)CC1C(=O)Nc1cccc(Br)n1. The quantitative estimate of drug-likeness (QED) is 0.839. The second kappa shape index (κ2) is 3.59. The van der Waals surface area contributed by atoms with Crippen molar-refractivity contribution in [1.29, 1.82) is 0 Å². The van der Waals surface area contributed by atoms with Crippen LogP contribution >= 0.6 is 15.9 Å². The lowest BCUT2D eigenvalue weighted by atomic mass is 10.1. The molecule has 1 aliphatic rings. The van der Waals surface area contributed by atoms with E-state index in [1.165, 1.54) is 0 Å². The van der Waals surface area contributed by atoms with Gasteiger partial charge in [0.1, 0.15) is 10.4 Å². The van der Waals surface area contributed by atoms with Crippen LogP contribution in [0.2, 0.25) is 0 Å². The molecule has 1 unspecified atom stereocenters. The van der Waals surface area contributed by atoms with Crippen LogP contribution < -0.4 is 5.32 Å². The maximum absolute atomic E-state index is 11.7. The molecule has 3 nitrogen and oxygen atoms in total. The third-order valence-electron chi connectivity index (χ3n) is 2.80. The Morgan fingerprint density at radius 1 is 1.60 bits per heavy atom. The molecule has 1 aromatic heterocycles. The molecule has 0 spiro atoms. The van der Waals surface area contributed by atoms with E-state index in [4.69, 9.17) is 0 Å². The maximum atomic E-state index is 11.7. The standard InChI is InChI=1S/C11H13BrN2O/c1-11(2)6-7(11)10(15)14-9-5-3-4-8(12)13-9/h3-5,7H,6H2,1-2H3,(H,13,14,15). The number of halogens is 1. The first-order valence-electron chi connectivity index (χ1n) is 4.92. The van der Waals surface area contributed by atoms with E-state index in [1.54, 1.807) is 6.07 Å². The summed E-state index contributed by atoms with van der Waals surface area (Å²) in [7, 11) is 0. The zero-order valence-corrected chi connectivity index (χ0v) is 10.3. The van der Waals surface area contributed by atoms with E-state index in [0.29, 0.717) is 5.82 Å². The molecule has 1 N–H and O–H groups in total. The molecule has 1 amide bonds. The van der Waals surface area contributed by atoms with Crippen molar-refractivity contribution < 1.29 is 4.79 Å². The summed E-state index contributed by atoms with van der Waals surface area (Å²) in [4.78, 5) is 15.9. The molecular formula is C11H13BrN2O. The van der Waals surface area contributed by atoms with Crippen LogP contribution in [0.4, 0.5) is 5.82 Å². The van der Waals surface area contributed by atoms with Crippen molar-refractivity contribution in [3.05, 3.63) is 22.8 Å². The van der Waals surface area contributed by atoms with Gasteiger partial charge in [0.15, 0.2) is 0 Å². The van der Waals surface area contributed by atoms with Gasteiger partial charge < -0.3 is 5.32 Å². The van der Waals surface area contributed by atoms with Gasteiger partial charge >= 0.3 is 0 Å². The third-order valence-corrected chi connectivity index (χ3v) is 3.24. The van der Waals surface area contributed by atoms with Gasteiger partial charge in [-0.3, -0.25) is 4.79 Å². The van der Waals surface area contributed by atoms with E-state index < -0.39 is 0 Å². The first kappa shape index (κ1) is 10.6. The monoisotopic (exact) mass is 268 g/mol. The number of carbonyl (C=O) groups is 1. The number of nitrogens with zero attached hydrogens (tertiary/aromatic N) is 1. The van der Waals surface area contributed by atoms with Gasteiger partial charge in [-0.25, -0.2) is 4.98 Å². The summed E-state index contributed by atoms with van der Waals surface area (Å²) >= 11 is 3.26. The van der Waals surface area contributed by atoms with Crippen molar-refractivity contribution in [3.8, 4) is 0 Å². The fourth-order valence-corrected chi connectivity index (χ4v) is 1.95. The van der Waals surface area contributed by atoms with E-state index in [1.807, 2.05) is 12.1 Å². The summed E-state index contributed by atoms with van der Waals surface area (Å²) in [6.07, 6.45) is 0.965. The van der Waals surface area contributed by atoms with E-state index in [9.17, 15) is 4.79 Å². The van der Waals surface area contributed by atoms with Gasteiger partial charge in [-0.15, -0.1) is 0 Å². The number of hydrogen-bond donors (Lipinski definition) is 1. The Bertz CT molecular complexity index is 403. The minimum Gasteiger partial charge on any atom is -0.310 e. The van der Waals surface area contributed by atoms with Crippen LogP contribution in [-0.2, 0) is 4.79 Å². The molecule has 0 radical (unpaired) electrons. The lowest BCUT2D eigenvalue weighted by Gasteiger charge is -2.05. The van der Waals surface area contributed by atoms with Crippen LogP contribution in [0.15, 0.2) is 22.8 Å². The summed E-state index contributed by atoms with van der Waals surface area (Å²) in [6.45, 7) is 4.21. The number of pyridine rings is 1. The second-order valence-electron chi connectivity index (χ2n) is 4.58. The first-order chi connectivity index (χ1) is 6.99. The predicted octanol–water partition coefficient (Wildman–Crippen LogP) is 2.83. The van der Waals surface area contributed by atoms with Crippen LogP contribution in [0, 0.1) is 11.3 Å². The summed E-state index contributed by atoms with van der Waals surface area (Å²) in [5, 5.41) is 2.82. The molecule has 0 bridgehead atoms. The average molecular weight is 269 g/mol. The molecule has 1 aliphatic carbocycles. The lowest BCUT2D eigenvalue weighted by Crippen LogP contribution is -2.17. The topological polar surface area (TPSA) is 42.0 Å². The zero-order chi connectivity index (χ0) is 11.1. The van der Waals surface area contributed by atoms with Gasteiger partial charge in [-0.1, -0.05) is 19.9 Å². The Kier molecular flexibility index (Phi) is 2.54. The van der Waals surface area contributed by atoms with Gasteiger partial charge in [-0.05, 0) is 39.9 Å². The number of nitrogens with one attached hydrogen (secondary N) is 1. The largest absolute Gasteiger partial charge is 0.310 e. The van der Waals surface area contributed by atoms with Crippen LogP contribution in [0.1, 0.15) is 20.3 Å². The highest BCUT2D eigenvalue weighted by Crippen LogP contribution is 2.51. The molecule has 1 atom stereocenters. The lowest BCUT2D eigenvalue weighted by molar-refractivity contribution is -0.118. The summed E-state index contributed by atoms with van der Waals surface area (Å²) in [5.74, 6) is 0.820. The fourth-order valence-electron chi connectivity index (χ4n) is 1.61. The summed E-state index contributed by atoms with van der Waals surface area (Å²) < 4.78 is 0.732. The van der Waals surface area contributed by atoms with E-state index in [0.717, 1.165) is 11.0 Å². The van der Waals surface area contributed by atoms with Crippen molar-refractivity contribution in [1.82, 2.24) is 4.98 Å². The molecule has 0 aromatic carbocycles. The Morgan fingerprint density at radius 3 is 2.80 bits per heavy atom. The highest BCUT2D eigenvalue weighted by atomic mass is 79.9. The van der Waals surface area contributed by atoms with Crippen LogP contribution in [-0.4, -0.2) is 10.9 Å². The molecule has 4 heteroatoms. The number of rotatable bonds is 2. The molecule has 0 aliphatic heterocycles. The van der Waals surface area contributed by atoms with E-state index in [2.05, 4.69) is 40.1 Å². The maximum Gasteiger partial charge on any atom is 0.229 e. The minimum atomic E-state index is 0.0746.